The number of hydrogen-bond acceptors (Lipinski definition) is 2. The quantitative estimate of drug-likeness (QED) is 0.647. The third-order valence-electron chi connectivity index (χ3n) is 2.34. The molecule has 2 N–H and O–H groups in total. The van der Waals surface area contributed by atoms with Crippen LogP contribution in [0.5, 0.6) is 0 Å². The fraction of sp³-hybridized carbons (Fsp3) is 0.875. The third-order valence-corrected chi connectivity index (χ3v) is 2.34. The summed E-state index contributed by atoms with van der Waals surface area (Å²) in [4.78, 5) is 12.5. The first kappa shape index (κ1) is 9.45. The van der Waals surface area contributed by atoms with E-state index in [2.05, 4.69) is 0 Å². The molecule has 0 spiro atoms. The Morgan fingerprint density at radius 1 is 1.75 bits per heavy atom. The maximum absolute atomic E-state index is 13.2. The van der Waals surface area contributed by atoms with E-state index < -0.39 is 12.1 Å². The van der Waals surface area contributed by atoms with E-state index in [4.69, 9.17) is 5.73 Å². The monoisotopic (exact) mass is 174 g/mol. The number of amides is 1. The molecular weight excluding hydrogens is 159 g/mol. The van der Waals surface area contributed by atoms with Gasteiger partial charge in [-0.05, 0) is 20.0 Å². The number of halogens is 1. The molecule has 1 aliphatic rings. The number of rotatable bonds is 2. The Hall–Kier alpha value is -0.640. The summed E-state index contributed by atoms with van der Waals surface area (Å²) >= 11 is 0. The summed E-state index contributed by atoms with van der Waals surface area (Å²) < 4.78 is 13.2. The highest BCUT2D eigenvalue weighted by atomic mass is 19.1. The molecule has 1 saturated heterocycles. The highest BCUT2D eigenvalue weighted by Gasteiger charge is 2.28. The van der Waals surface area contributed by atoms with Gasteiger partial charge in [-0.3, -0.25) is 4.79 Å². The predicted octanol–water partition coefficient (Wildman–Crippen LogP) is 0.152. The average molecular weight is 174 g/mol. The highest BCUT2D eigenvalue weighted by molar-refractivity contribution is 5.74. The maximum Gasteiger partial charge on any atom is 0.217 e. The molecule has 1 heterocycles. The summed E-state index contributed by atoms with van der Waals surface area (Å²) in [6.45, 7) is 1.29. The van der Waals surface area contributed by atoms with Gasteiger partial charge in [-0.1, -0.05) is 0 Å². The zero-order valence-corrected chi connectivity index (χ0v) is 7.29. The van der Waals surface area contributed by atoms with E-state index in [-0.39, 0.29) is 12.3 Å². The molecule has 2 unspecified atom stereocenters. The van der Waals surface area contributed by atoms with Crippen molar-refractivity contribution in [3.63, 3.8) is 0 Å². The Bertz CT molecular complexity index is 174. The topological polar surface area (TPSA) is 46.3 Å². The predicted molar refractivity (Wildman–Crippen MR) is 44.3 cm³/mol. The van der Waals surface area contributed by atoms with Crippen LogP contribution < -0.4 is 5.73 Å². The second-order valence-electron chi connectivity index (χ2n) is 3.50. The van der Waals surface area contributed by atoms with E-state index in [1.807, 2.05) is 11.9 Å². The summed E-state index contributed by atoms with van der Waals surface area (Å²) in [6.07, 6.45) is 0.0338. The normalized spacial score (nSPS) is 31.8. The van der Waals surface area contributed by atoms with Gasteiger partial charge in [0, 0.05) is 18.9 Å². The van der Waals surface area contributed by atoms with Gasteiger partial charge in [-0.15, -0.1) is 0 Å². The van der Waals surface area contributed by atoms with E-state index in [0.717, 1.165) is 13.0 Å². The van der Waals surface area contributed by atoms with Gasteiger partial charge in [0.1, 0.15) is 6.17 Å². The zero-order chi connectivity index (χ0) is 9.14. The van der Waals surface area contributed by atoms with E-state index in [9.17, 15) is 9.18 Å². The molecule has 0 radical (unpaired) electrons. The van der Waals surface area contributed by atoms with Gasteiger partial charge in [0.2, 0.25) is 5.91 Å². The molecule has 0 aromatic rings. The molecule has 1 rings (SSSR count). The number of piperidine rings is 1. The SMILES string of the molecule is CN1CCC(CC(N)=O)C(F)C1. The molecule has 12 heavy (non-hydrogen) atoms. The number of primary amides is 1. The van der Waals surface area contributed by atoms with Crippen LogP contribution in [0.15, 0.2) is 0 Å². The van der Waals surface area contributed by atoms with Crippen molar-refractivity contribution in [2.45, 2.75) is 19.0 Å². The first-order valence-corrected chi connectivity index (χ1v) is 4.20. The lowest BCUT2D eigenvalue weighted by molar-refractivity contribution is -0.119. The molecule has 70 valence electrons. The van der Waals surface area contributed by atoms with Crippen molar-refractivity contribution < 1.29 is 9.18 Å². The summed E-state index contributed by atoms with van der Waals surface area (Å²) in [5.41, 5.74) is 5.00. The van der Waals surface area contributed by atoms with Gasteiger partial charge in [0.05, 0.1) is 0 Å². The van der Waals surface area contributed by atoms with Crippen molar-refractivity contribution in [2.24, 2.45) is 11.7 Å². The largest absolute Gasteiger partial charge is 0.370 e. The van der Waals surface area contributed by atoms with Crippen molar-refractivity contribution in [1.82, 2.24) is 4.90 Å². The molecule has 0 aromatic carbocycles. The van der Waals surface area contributed by atoms with E-state index in [0.29, 0.717) is 6.54 Å². The van der Waals surface area contributed by atoms with Crippen LogP contribution in [0.25, 0.3) is 0 Å². The van der Waals surface area contributed by atoms with Crippen LogP contribution in [0.3, 0.4) is 0 Å². The molecule has 0 aromatic heterocycles. The molecule has 3 nitrogen and oxygen atoms in total. The molecule has 1 aliphatic heterocycles. The summed E-state index contributed by atoms with van der Waals surface area (Å²) in [7, 11) is 1.88. The third kappa shape index (κ3) is 2.44. The lowest BCUT2D eigenvalue weighted by Gasteiger charge is -2.31. The fourth-order valence-corrected chi connectivity index (χ4v) is 1.59. The molecule has 1 amide bonds. The zero-order valence-electron chi connectivity index (χ0n) is 7.29. The molecule has 0 aliphatic carbocycles. The Balaban J connectivity index is 2.39. The fourth-order valence-electron chi connectivity index (χ4n) is 1.59. The Kier molecular flexibility index (Phi) is 3.03. The van der Waals surface area contributed by atoms with Crippen LogP contribution in [0, 0.1) is 5.92 Å². The van der Waals surface area contributed by atoms with Crippen LogP contribution in [0.1, 0.15) is 12.8 Å². The number of carbonyl (C=O) groups is 1. The molecule has 1 fully saturated rings. The van der Waals surface area contributed by atoms with Crippen LogP contribution >= 0.6 is 0 Å². The molecule has 4 heteroatoms. The van der Waals surface area contributed by atoms with Gasteiger partial charge in [-0.2, -0.15) is 0 Å². The minimum Gasteiger partial charge on any atom is -0.370 e. The molecule has 0 bridgehead atoms. The van der Waals surface area contributed by atoms with Crippen molar-refractivity contribution >= 4 is 5.91 Å². The lowest BCUT2D eigenvalue weighted by Crippen LogP contribution is -2.40. The first-order chi connectivity index (χ1) is 5.59. The van der Waals surface area contributed by atoms with Crippen LogP contribution in [0.2, 0.25) is 0 Å². The number of alkyl halides is 1. The molecular formula is C8H15FN2O. The molecule has 2 atom stereocenters. The first-order valence-electron chi connectivity index (χ1n) is 4.20. The maximum atomic E-state index is 13.2. The second-order valence-corrected chi connectivity index (χ2v) is 3.50. The van der Waals surface area contributed by atoms with E-state index >= 15 is 0 Å². The van der Waals surface area contributed by atoms with Crippen molar-refractivity contribution in [2.75, 3.05) is 20.1 Å². The highest BCUT2D eigenvalue weighted by Crippen LogP contribution is 2.22. The number of carbonyl (C=O) groups excluding carboxylic acids is 1. The van der Waals surface area contributed by atoms with Gasteiger partial charge in [0.25, 0.3) is 0 Å². The van der Waals surface area contributed by atoms with E-state index in [1.54, 1.807) is 0 Å². The molecule has 0 saturated carbocycles. The standard InChI is InChI=1S/C8H15FN2O/c1-11-3-2-6(4-8(10)12)7(9)5-11/h6-7H,2-5H2,1H3,(H2,10,12). The van der Waals surface area contributed by atoms with Crippen molar-refractivity contribution in [3.8, 4) is 0 Å². The summed E-state index contributed by atoms with van der Waals surface area (Å²) in [6, 6.07) is 0. The number of nitrogens with zero attached hydrogens (tertiary/aromatic N) is 1. The average Bonchev–Trinajstić information content (AvgIpc) is 1.94. The van der Waals surface area contributed by atoms with Gasteiger partial charge in [-0.25, -0.2) is 4.39 Å². The number of hydrogen-bond donors (Lipinski definition) is 1. The smallest absolute Gasteiger partial charge is 0.217 e. The Labute approximate surface area is 71.7 Å². The van der Waals surface area contributed by atoms with Crippen LogP contribution in [-0.4, -0.2) is 37.1 Å². The van der Waals surface area contributed by atoms with Gasteiger partial charge in [0.15, 0.2) is 0 Å². The minimum atomic E-state index is -0.892. The number of likely N-dealkylation sites (tertiary alicyclic amines) is 1. The van der Waals surface area contributed by atoms with E-state index in [1.165, 1.54) is 0 Å². The lowest BCUT2D eigenvalue weighted by atomic mass is 9.92. The Morgan fingerprint density at radius 2 is 2.42 bits per heavy atom. The van der Waals surface area contributed by atoms with Gasteiger partial charge < -0.3 is 10.6 Å². The van der Waals surface area contributed by atoms with Crippen LogP contribution in [0.4, 0.5) is 4.39 Å². The van der Waals surface area contributed by atoms with Gasteiger partial charge >= 0.3 is 0 Å². The number of nitrogens with two attached hydrogens (primary N) is 1. The van der Waals surface area contributed by atoms with Crippen molar-refractivity contribution in [3.05, 3.63) is 0 Å². The second kappa shape index (κ2) is 3.85. The summed E-state index contributed by atoms with van der Waals surface area (Å²) in [5.74, 6) is -0.550. The minimum absolute atomic E-state index is 0.154. The van der Waals surface area contributed by atoms with Crippen LogP contribution in [-0.2, 0) is 4.79 Å². The van der Waals surface area contributed by atoms with Crippen molar-refractivity contribution in [1.29, 1.82) is 0 Å². The summed E-state index contributed by atoms with van der Waals surface area (Å²) in [5, 5.41) is 0. The Morgan fingerprint density at radius 3 is 2.92 bits per heavy atom.